The summed E-state index contributed by atoms with van der Waals surface area (Å²) in [7, 11) is 0. The van der Waals surface area contributed by atoms with Gasteiger partial charge in [-0.25, -0.2) is 4.98 Å². The lowest BCUT2D eigenvalue weighted by atomic mass is 10.2. The standard InChI is InChI=1S/C15H12Cl2N4/c1-9-3-4-11(16)7-13(9)19-20-15-10(2)18-14-6-5-12(17)8-21(14)15/h3-8H,1-2H3. The smallest absolute Gasteiger partial charge is 0.182 e. The fourth-order valence-corrected chi connectivity index (χ4v) is 2.36. The maximum absolute atomic E-state index is 6.02. The van der Waals surface area contributed by atoms with E-state index in [0.29, 0.717) is 15.9 Å². The molecule has 0 aliphatic carbocycles. The monoisotopic (exact) mass is 318 g/mol. The lowest BCUT2D eigenvalue weighted by Crippen LogP contribution is -1.82. The Hall–Kier alpha value is -1.91. The van der Waals surface area contributed by atoms with Crippen LogP contribution in [-0.4, -0.2) is 9.38 Å². The number of rotatable bonds is 2. The molecule has 3 aromatic rings. The van der Waals surface area contributed by atoms with Crippen LogP contribution >= 0.6 is 23.2 Å². The normalized spacial score (nSPS) is 11.6. The Morgan fingerprint density at radius 2 is 1.76 bits per heavy atom. The van der Waals surface area contributed by atoms with Gasteiger partial charge in [-0.3, -0.25) is 4.40 Å². The summed E-state index contributed by atoms with van der Waals surface area (Å²) in [4.78, 5) is 4.43. The summed E-state index contributed by atoms with van der Waals surface area (Å²) < 4.78 is 1.82. The molecule has 2 aromatic heterocycles. The van der Waals surface area contributed by atoms with Crippen molar-refractivity contribution in [2.75, 3.05) is 0 Å². The minimum atomic E-state index is 0.621. The van der Waals surface area contributed by atoms with Gasteiger partial charge < -0.3 is 0 Å². The van der Waals surface area contributed by atoms with Crippen molar-refractivity contribution in [3.8, 4) is 0 Å². The molecule has 0 unspecified atom stereocenters. The Labute approximate surface area is 132 Å². The number of pyridine rings is 1. The highest BCUT2D eigenvalue weighted by Gasteiger charge is 2.08. The van der Waals surface area contributed by atoms with Crippen molar-refractivity contribution in [3.63, 3.8) is 0 Å². The van der Waals surface area contributed by atoms with Gasteiger partial charge in [0.15, 0.2) is 5.82 Å². The van der Waals surface area contributed by atoms with Gasteiger partial charge in [-0.05, 0) is 43.7 Å². The van der Waals surface area contributed by atoms with E-state index >= 15 is 0 Å². The first-order valence-corrected chi connectivity index (χ1v) is 7.12. The van der Waals surface area contributed by atoms with E-state index in [4.69, 9.17) is 23.2 Å². The molecule has 0 amide bonds. The highest BCUT2D eigenvalue weighted by atomic mass is 35.5. The fourth-order valence-electron chi connectivity index (χ4n) is 2.04. The Morgan fingerprint density at radius 3 is 2.57 bits per heavy atom. The molecule has 0 bridgehead atoms. The van der Waals surface area contributed by atoms with E-state index in [1.54, 1.807) is 18.3 Å². The van der Waals surface area contributed by atoms with Gasteiger partial charge >= 0.3 is 0 Å². The average Bonchev–Trinajstić information content (AvgIpc) is 2.75. The van der Waals surface area contributed by atoms with Crippen LogP contribution in [0.3, 0.4) is 0 Å². The van der Waals surface area contributed by atoms with Crippen LogP contribution in [0.4, 0.5) is 11.5 Å². The highest BCUT2D eigenvalue weighted by Crippen LogP contribution is 2.28. The molecule has 0 radical (unpaired) electrons. The van der Waals surface area contributed by atoms with Gasteiger partial charge in [-0.1, -0.05) is 29.3 Å². The highest BCUT2D eigenvalue weighted by molar-refractivity contribution is 6.31. The Bertz CT molecular complexity index is 852. The number of halogens is 2. The van der Waals surface area contributed by atoms with E-state index in [0.717, 1.165) is 22.6 Å². The van der Waals surface area contributed by atoms with Crippen LogP contribution in [0.1, 0.15) is 11.3 Å². The zero-order valence-corrected chi connectivity index (χ0v) is 13.0. The summed E-state index contributed by atoms with van der Waals surface area (Å²) in [5, 5.41) is 9.85. The molecule has 21 heavy (non-hydrogen) atoms. The first-order valence-electron chi connectivity index (χ1n) is 6.37. The number of imidazole rings is 1. The first kappa shape index (κ1) is 14.0. The molecular weight excluding hydrogens is 307 g/mol. The van der Waals surface area contributed by atoms with Crippen molar-refractivity contribution >= 4 is 40.4 Å². The summed E-state index contributed by atoms with van der Waals surface area (Å²) in [6, 6.07) is 9.17. The number of azo groups is 1. The van der Waals surface area contributed by atoms with E-state index in [9.17, 15) is 0 Å². The summed E-state index contributed by atoms with van der Waals surface area (Å²) in [5.41, 5.74) is 3.32. The first-order chi connectivity index (χ1) is 10.0. The number of hydrogen-bond acceptors (Lipinski definition) is 3. The third kappa shape index (κ3) is 2.77. The zero-order valence-electron chi connectivity index (χ0n) is 11.5. The van der Waals surface area contributed by atoms with E-state index < -0.39 is 0 Å². The molecule has 3 rings (SSSR count). The molecule has 4 nitrogen and oxygen atoms in total. The summed E-state index contributed by atoms with van der Waals surface area (Å²) in [6.07, 6.45) is 1.77. The van der Waals surface area contributed by atoms with Crippen LogP contribution in [0, 0.1) is 13.8 Å². The maximum Gasteiger partial charge on any atom is 0.182 e. The van der Waals surface area contributed by atoms with Crippen molar-refractivity contribution in [1.82, 2.24) is 9.38 Å². The van der Waals surface area contributed by atoms with Crippen molar-refractivity contribution in [2.45, 2.75) is 13.8 Å². The van der Waals surface area contributed by atoms with E-state index in [1.807, 2.05) is 36.4 Å². The third-order valence-electron chi connectivity index (χ3n) is 3.15. The molecule has 1 aromatic carbocycles. The van der Waals surface area contributed by atoms with Crippen molar-refractivity contribution in [3.05, 3.63) is 57.8 Å². The summed E-state index contributed by atoms with van der Waals surface area (Å²) in [6.45, 7) is 3.85. The van der Waals surface area contributed by atoms with Gasteiger partial charge in [0.1, 0.15) is 5.65 Å². The second kappa shape index (κ2) is 5.47. The number of benzene rings is 1. The summed E-state index contributed by atoms with van der Waals surface area (Å²) in [5.74, 6) is 0.659. The maximum atomic E-state index is 6.02. The molecule has 6 heteroatoms. The van der Waals surface area contributed by atoms with Crippen molar-refractivity contribution < 1.29 is 0 Å². The topological polar surface area (TPSA) is 42.0 Å². The van der Waals surface area contributed by atoms with Gasteiger partial charge in [0, 0.05) is 11.2 Å². The third-order valence-corrected chi connectivity index (χ3v) is 3.61. The van der Waals surface area contributed by atoms with Crippen LogP contribution < -0.4 is 0 Å². The lowest BCUT2D eigenvalue weighted by molar-refractivity contribution is 1.09. The van der Waals surface area contributed by atoms with Gasteiger partial charge in [-0.15, -0.1) is 10.2 Å². The van der Waals surface area contributed by atoms with Crippen LogP contribution in [-0.2, 0) is 0 Å². The number of aryl methyl sites for hydroxylation is 2. The largest absolute Gasteiger partial charge is 0.281 e. The number of fused-ring (bicyclic) bond motifs is 1. The molecule has 0 spiro atoms. The molecule has 2 heterocycles. The number of aromatic nitrogens is 2. The van der Waals surface area contributed by atoms with E-state index in [2.05, 4.69) is 15.2 Å². The van der Waals surface area contributed by atoms with Crippen LogP contribution in [0.5, 0.6) is 0 Å². The molecule has 106 valence electrons. The SMILES string of the molecule is Cc1ccc(Cl)cc1N=Nc1c(C)nc2ccc(Cl)cn12. The zero-order chi connectivity index (χ0) is 15.0. The minimum Gasteiger partial charge on any atom is -0.281 e. The molecule has 0 saturated carbocycles. The number of nitrogens with zero attached hydrogens (tertiary/aromatic N) is 4. The fraction of sp³-hybridized carbons (Fsp3) is 0.133. The quantitative estimate of drug-likeness (QED) is 0.561. The van der Waals surface area contributed by atoms with Gasteiger partial charge in [-0.2, -0.15) is 0 Å². The molecule has 0 atom stereocenters. The molecular formula is C15H12Cl2N4. The molecule has 0 saturated heterocycles. The predicted molar refractivity (Wildman–Crippen MR) is 85.3 cm³/mol. The minimum absolute atomic E-state index is 0.621. The molecule has 0 aliphatic heterocycles. The van der Waals surface area contributed by atoms with Gasteiger partial charge in [0.05, 0.1) is 16.4 Å². The molecule has 0 fully saturated rings. The van der Waals surface area contributed by atoms with Crippen LogP contribution in [0.15, 0.2) is 46.8 Å². The molecule has 0 aliphatic rings. The second-order valence-electron chi connectivity index (χ2n) is 4.73. The van der Waals surface area contributed by atoms with E-state index in [-0.39, 0.29) is 0 Å². The lowest BCUT2D eigenvalue weighted by Gasteiger charge is -2.00. The van der Waals surface area contributed by atoms with Crippen molar-refractivity contribution in [2.24, 2.45) is 10.2 Å². The Balaban J connectivity index is 2.09. The second-order valence-corrected chi connectivity index (χ2v) is 5.60. The Morgan fingerprint density at radius 1 is 1.00 bits per heavy atom. The van der Waals surface area contributed by atoms with Gasteiger partial charge in [0.25, 0.3) is 0 Å². The number of hydrogen-bond donors (Lipinski definition) is 0. The van der Waals surface area contributed by atoms with Crippen LogP contribution in [0.2, 0.25) is 10.0 Å². The van der Waals surface area contributed by atoms with Crippen LogP contribution in [0.25, 0.3) is 5.65 Å². The Kier molecular flexibility index (Phi) is 3.66. The summed E-state index contributed by atoms with van der Waals surface area (Å²) >= 11 is 12.0. The average molecular weight is 319 g/mol. The van der Waals surface area contributed by atoms with E-state index in [1.165, 1.54) is 0 Å². The predicted octanol–water partition coefficient (Wildman–Crippen LogP) is 5.67. The van der Waals surface area contributed by atoms with Gasteiger partial charge in [0.2, 0.25) is 0 Å². The molecule has 0 N–H and O–H groups in total. The van der Waals surface area contributed by atoms with Crippen molar-refractivity contribution in [1.29, 1.82) is 0 Å².